The third kappa shape index (κ3) is 46.4. The van der Waals surface area contributed by atoms with Crippen LogP contribution in [0.1, 0.15) is 258 Å². The van der Waals surface area contributed by atoms with Crippen molar-refractivity contribution in [1.29, 1.82) is 0 Å². The zero-order valence-electron chi connectivity index (χ0n) is 39.7. The van der Waals surface area contributed by atoms with Crippen LogP contribution in [0.15, 0.2) is 48.6 Å². The standard InChI is InChI=1S/C54H96O6/c1-4-7-10-13-16-19-22-25-26-27-28-30-32-35-38-41-44-47-53(56)59-50-51(49-58-52(55)46-43-40-37-34-31-24-21-18-15-12-9-6-3)60-54(57)48-45-42-39-36-33-29-23-20-17-14-11-8-5-2/h8,11,14,17,20,23,25-26,51H,4-7,9-10,12-13,15-16,18-19,21-22,24,27-50H2,1-3H3/b11-8-,17-14-,23-20-,26-25-. The molecule has 0 aliphatic carbocycles. The van der Waals surface area contributed by atoms with Crippen LogP contribution in [-0.4, -0.2) is 37.2 Å². The van der Waals surface area contributed by atoms with E-state index in [1.54, 1.807) is 0 Å². The molecule has 0 aliphatic rings. The van der Waals surface area contributed by atoms with Crippen molar-refractivity contribution < 1.29 is 28.6 Å². The van der Waals surface area contributed by atoms with E-state index < -0.39 is 6.10 Å². The number of ether oxygens (including phenoxy) is 3. The highest BCUT2D eigenvalue weighted by Crippen LogP contribution is 2.15. The first-order valence-electron chi connectivity index (χ1n) is 25.7. The Kier molecular flexibility index (Phi) is 46.9. The van der Waals surface area contributed by atoms with E-state index in [4.69, 9.17) is 14.2 Å². The van der Waals surface area contributed by atoms with E-state index in [9.17, 15) is 14.4 Å². The summed E-state index contributed by atoms with van der Waals surface area (Å²) in [5, 5.41) is 0. The number of esters is 3. The molecule has 0 saturated heterocycles. The summed E-state index contributed by atoms with van der Waals surface area (Å²) >= 11 is 0. The maximum atomic E-state index is 12.8. The maximum absolute atomic E-state index is 12.8. The van der Waals surface area contributed by atoms with Gasteiger partial charge < -0.3 is 14.2 Å². The Morgan fingerprint density at radius 1 is 0.350 bits per heavy atom. The average Bonchev–Trinajstić information content (AvgIpc) is 3.24. The fourth-order valence-corrected chi connectivity index (χ4v) is 7.26. The van der Waals surface area contributed by atoms with E-state index in [0.717, 1.165) is 83.5 Å². The number of hydrogen-bond donors (Lipinski definition) is 0. The summed E-state index contributed by atoms with van der Waals surface area (Å²) in [4.78, 5) is 37.9. The van der Waals surface area contributed by atoms with Gasteiger partial charge in [0.05, 0.1) is 0 Å². The van der Waals surface area contributed by atoms with E-state index in [1.165, 1.54) is 135 Å². The Balaban J connectivity index is 4.37. The summed E-state index contributed by atoms with van der Waals surface area (Å²) in [5.74, 6) is -0.900. The minimum Gasteiger partial charge on any atom is -0.462 e. The van der Waals surface area contributed by atoms with Gasteiger partial charge in [-0.05, 0) is 64.2 Å². The number of rotatable bonds is 46. The van der Waals surface area contributed by atoms with Crippen LogP contribution in [0.3, 0.4) is 0 Å². The first-order valence-corrected chi connectivity index (χ1v) is 25.7. The quantitative estimate of drug-likeness (QED) is 0.0200. The zero-order chi connectivity index (χ0) is 43.7. The molecule has 0 aromatic rings. The molecule has 0 aromatic heterocycles. The second-order valence-electron chi connectivity index (χ2n) is 17.1. The third-order valence-corrected chi connectivity index (χ3v) is 11.1. The molecule has 0 fully saturated rings. The van der Waals surface area contributed by atoms with Gasteiger partial charge in [-0.1, -0.05) is 223 Å². The zero-order valence-corrected chi connectivity index (χ0v) is 39.7. The van der Waals surface area contributed by atoms with E-state index in [0.29, 0.717) is 19.3 Å². The van der Waals surface area contributed by atoms with Crippen LogP contribution in [0.4, 0.5) is 0 Å². The van der Waals surface area contributed by atoms with Crippen LogP contribution in [0.2, 0.25) is 0 Å². The minimum absolute atomic E-state index is 0.0807. The second kappa shape index (κ2) is 49.0. The van der Waals surface area contributed by atoms with Crippen LogP contribution in [0.25, 0.3) is 0 Å². The summed E-state index contributed by atoms with van der Waals surface area (Å²) in [5.41, 5.74) is 0. The van der Waals surface area contributed by atoms with Gasteiger partial charge in [0.15, 0.2) is 6.10 Å². The van der Waals surface area contributed by atoms with Crippen molar-refractivity contribution in [3.8, 4) is 0 Å². The molecule has 6 nitrogen and oxygen atoms in total. The molecule has 0 aromatic carbocycles. The van der Waals surface area contributed by atoms with Crippen LogP contribution in [0.5, 0.6) is 0 Å². The van der Waals surface area contributed by atoms with E-state index in [2.05, 4.69) is 69.4 Å². The number of hydrogen-bond acceptors (Lipinski definition) is 6. The molecule has 0 spiro atoms. The van der Waals surface area contributed by atoms with Crippen LogP contribution >= 0.6 is 0 Å². The fraction of sp³-hybridized carbons (Fsp3) is 0.796. The van der Waals surface area contributed by atoms with E-state index in [-0.39, 0.29) is 31.1 Å². The van der Waals surface area contributed by atoms with Crippen molar-refractivity contribution in [3.63, 3.8) is 0 Å². The molecule has 0 bridgehead atoms. The number of carbonyl (C=O) groups excluding carboxylic acids is 3. The smallest absolute Gasteiger partial charge is 0.306 e. The monoisotopic (exact) mass is 841 g/mol. The molecule has 348 valence electrons. The lowest BCUT2D eigenvalue weighted by molar-refractivity contribution is -0.167. The predicted molar refractivity (Wildman–Crippen MR) is 256 cm³/mol. The van der Waals surface area contributed by atoms with Gasteiger partial charge in [-0.15, -0.1) is 0 Å². The minimum atomic E-state index is -0.781. The molecule has 0 amide bonds. The highest BCUT2D eigenvalue weighted by atomic mass is 16.6. The molecule has 6 heteroatoms. The summed E-state index contributed by atoms with van der Waals surface area (Å²) in [7, 11) is 0. The average molecular weight is 841 g/mol. The Morgan fingerprint density at radius 3 is 1.05 bits per heavy atom. The largest absolute Gasteiger partial charge is 0.462 e. The Bertz CT molecular complexity index is 1060. The summed E-state index contributed by atoms with van der Waals surface area (Å²) in [6.07, 6.45) is 58.1. The molecule has 0 saturated carbocycles. The number of allylic oxidation sites excluding steroid dienone is 8. The highest BCUT2D eigenvalue weighted by Gasteiger charge is 2.19. The Morgan fingerprint density at radius 2 is 0.667 bits per heavy atom. The van der Waals surface area contributed by atoms with Crippen molar-refractivity contribution in [2.24, 2.45) is 0 Å². The van der Waals surface area contributed by atoms with E-state index >= 15 is 0 Å². The maximum Gasteiger partial charge on any atom is 0.306 e. The van der Waals surface area contributed by atoms with Gasteiger partial charge in [-0.2, -0.15) is 0 Å². The van der Waals surface area contributed by atoms with Gasteiger partial charge in [-0.25, -0.2) is 0 Å². The topological polar surface area (TPSA) is 78.9 Å². The molecule has 0 rings (SSSR count). The lowest BCUT2D eigenvalue weighted by atomic mass is 10.0. The van der Waals surface area contributed by atoms with Crippen LogP contribution in [-0.2, 0) is 28.6 Å². The lowest BCUT2D eigenvalue weighted by Crippen LogP contribution is -2.30. The molecule has 0 radical (unpaired) electrons. The molecule has 0 N–H and O–H groups in total. The van der Waals surface area contributed by atoms with Crippen LogP contribution in [0, 0.1) is 0 Å². The second-order valence-corrected chi connectivity index (χ2v) is 17.1. The van der Waals surface area contributed by atoms with Gasteiger partial charge in [0.1, 0.15) is 13.2 Å². The Labute approximate surface area is 371 Å². The number of unbranched alkanes of at least 4 members (excludes halogenated alkanes) is 29. The molecular formula is C54H96O6. The van der Waals surface area contributed by atoms with Crippen molar-refractivity contribution in [3.05, 3.63) is 48.6 Å². The van der Waals surface area contributed by atoms with Gasteiger partial charge in [-0.3, -0.25) is 14.4 Å². The molecular weight excluding hydrogens is 745 g/mol. The highest BCUT2D eigenvalue weighted by molar-refractivity contribution is 5.71. The SMILES string of the molecule is CC\C=C/C=C\C=C/CCCCCCCC(=O)OC(COC(=O)CCCCCCCCC/C=C\CCCCCCCC)COC(=O)CCCCCCCCCCCCCC. The van der Waals surface area contributed by atoms with Crippen molar-refractivity contribution in [2.75, 3.05) is 13.2 Å². The summed E-state index contributed by atoms with van der Waals surface area (Å²) < 4.78 is 16.8. The summed E-state index contributed by atoms with van der Waals surface area (Å²) in [6, 6.07) is 0. The summed E-state index contributed by atoms with van der Waals surface area (Å²) in [6.45, 7) is 6.49. The third-order valence-electron chi connectivity index (χ3n) is 11.1. The van der Waals surface area contributed by atoms with E-state index in [1.807, 2.05) is 0 Å². The predicted octanol–water partition coefficient (Wildman–Crippen LogP) is 16.7. The molecule has 60 heavy (non-hydrogen) atoms. The number of carbonyl (C=O) groups is 3. The Hall–Kier alpha value is -2.63. The first-order chi connectivity index (χ1) is 29.5. The van der Waals surface area contributed by atoms with Crippen molar-refractivity contribution >= 4 is 17.9 Å². The first kappa shape index (κ1) is 57.4. The van der Waals surface area contributed by atoms with Gasteiger partial charge in [0.25, 0.3) is 0 Å². The lowest BCUT2D eigenvalue weighted by Gasteiger charge is -2.18. The molecule has 0 aliphatic heterocycles. The van der Waals surface area contributed by atoms with Crippen LogP contribution < -0.4 is 0 Å². The van der Waals surface area contributed by atoms with Gasteiger partial charge in [0.2, 0.25) is 0 Å². The normalized spacial score (nSPS) is 12.4. The fourth-order valence-electron chi connectivity index (χ4n) is 7.26. The molecule has 1 atom stereocenters. The molecule has 0 heterocycles. The van der Waals surface area contributed by atoms with Crippen molar-refractivity contribution in [1.82, 2.24) is 0 Å². The molecule has 1 unspecified atom stereocenters. The van der Waals surface area contributed by atoms with Crippen molar-refractivity contribution in [2.45, 2.75) is 264 Å². The van der Waals surface area contributed by atoms with Gasteiger partial charge in [0, 0.05) is 19.3 Å². The van der Waals surface area contributed by atoms with Gasteiger partial charge >= 0.3 is 17.9 Å².